The maximum atomic E-state index is 12.9. The van der Waals surface area contributed by atoms with Gasteiger partial charge in [-0.1, -0.05) is 29.3 Å². The fraction of sp³-hybridized carbons (Fsp3) is 0.0870. The van der Waals surface area contributed by atoms with E-state index in [-0.39, 0.29) is 11.5 Å². The lowest BCUT2D eigenvalue weighted by molar-refractivity contribution is -0.122. The minimum Gasteiger partial charge on any atom is -0.478 e. The van der Waals surface area contributed by atoms with Gasteiger partial charge in [0, 0.05) is 18.2 Å². The van der Waals surface area contributed by atoms with Crippen molar-refractivity contribution in [2.45, 2.75) is 6.92 Å². The van der Waals surface area contributed by atoms with E-state index < -0.39 is 5.97 Å². The van der Waals surface area contributed by atoms with Gasteiger partial charge in [0.15, 0.2) is 5.17 Å². The number of rotatable bonds is 5. The minimum atomic E-state index is -1.01. The number of carboxylic acids is 1. The SMILES string of the molecule is CCN1C(=O)C(=Cc2ccc(-c3cccc(Cl)c3Cl)o2)SC1=Nc1ccc(C(=O)O)cc1. The topological polar surface area (TPSA) is 83.1 Å². The van der Waals surface area contributed by atoms with Crippen molar-refractivity contribution in [3.05, 3.63) is 80.9 Å². The number of amides is 1. The van der Waals surface area contributed by atoms with Gasteiger partial charge in [-0.2, -0.15) is 0 Å². The van der Waals surface area contributed by atoms with Gasteiger partial charge in [-0.3, -0.25) is 9.69 Å². The Balaban J connectivity index is 1.61. The van der Waals surface area contributed by atoms with Crippen molar-refractivity contribution in [1.29, 1.82) is 0 Å². The highest BCUT2D eigenvalue weighted by Gasteiger charge is 2.32. The number of amidine groups is 1. The summed E-state index contributed by atoms with van der Waals surface area (Å²) in [4.78, 5) is 30.4. The normalized spacial score (nSPS) is 16.3. The molecule has 1 saturated heterocycles. The van der Waals surface area contributed by atoms with Crippen LogP contribution in [0.5, 0.6) is 0 Å². The van der Waals surface area contributed by atoms with Crippen molar-refractivity contribution in [1.82, 2.24) is 4.90 Å². The lowest BCUT2D eigenvalue weighted by Gasteiger charge is -2.11. The molecule has 0 saturated carbocycles. The molecule has 162 valence electrons. The van der Waals surface area contributed by atoms with E-state index in [9.17, 15) is 9.59 Å². The Morgan fingerprint density at radius 2 is 1.91 bits per heavy atom. The van der Waals surface area contributed by atoms with Crippen LogP contribution in [0.15, 0.2) is 68.9 Å². The number of nitrogens with zero attached hydrogens (tertiary/aromatic N) is 2. The number of aliphatic imine (C=N–C) groups is 1. The second-order valence-electron chi connectivity index (χ2n) is 6.71. The average Bonchev–Trinajstić information content (AvgIpc) is 3.35. The van der Waals surface area contributed by atoms with E-state index in [0.717, 1.165) is 0 Å². The highest BCUT2D eigenvalue weighted by molar-refractivity contribution is 8.18. The number of benzene rings is 2. The van der Waals surface area contributed by atoms with E-state index in [1.165, 1.54) is 23.9 Å². The van der Waals surface area contributed by atoms with E-state index in [0.29, 0.717) is 49.4 Å². The van der Waals surface area contributed by atoms with Gasteiger partial charge in [0.25, 0.3) is 5.91 Å². The molecule has 0 atom stereocenters. The van der Waals surface area contributed by atoms with Gasteiger partial charge in [0.1, 0.15) is 11.5 Å². The molecular weight excluding hydrogens is 471 g/mol. The van der Waals surface area contributed by atoms with E-state index in [4.69, 9.17) is 32.7 Å². The number of furan rings is 1. The van der Waals surface area contributed by atoms with Crippen LogP contribution in [0.1, 0.15) is 23.0 Å². The Kier molecular flexibility index (Phi) is 6.41. The number of hydrogen-bond donors (Lipinski definition) is 1. The monoisotopic (exact) mass is 486 g/mol. The fourth-order valence-corrected chi connectivity index (χ4v) is 4.49. The molecule has 2 aromatic carbocycles. The molecule has 0 aliphatic carbocycles. The number of carboxylic acid groups (broad SMARTS) is 1. The van der Waals surface area contributed by atoms with Crippen LogP contribution in [0, 0.1) is 0 Å². The number of carbonyl (C=O) groups excluding carboxylic acids is 1. The zero-order chi connectivity index (χ0) is 22.8. The summed E-state index contributed by atoms with van der Waals surface area (Å²) in [5.41, 5.74) is 1.39. The van der Waals surface area contributed by atoms with Gasteiger partial charge in [-0.25, -0.2) is 9.79 Å². The summed E-state index contributed by atoms with van der Waals surface area (Å²) >= 11 is 13.6. The van der Waals surface area contributed by atoms with Gasteiger partial charge < -0.3 is 9.52 Å². The molecule has 9 heteroatoms. The first-order valence-corrected chi connectivity index (χ1v) is 11.1. The molecule has 0 radical (unpaired) electrons. The summed E-state index contributed by atoms with van der Waals surface area (Å²) in [6, 6.07) is 15.0. The summed E-state index contributed by atoms with van der Waals surface area (Å²) in [6.07, 6.45) is 1.66. The van der Waals surface area contributed by atoms with E-state index >= 15 is 0 Å². The molecule has 1 aromatic heterocycles. The quantitative estimate of drug-likeness (QED) is 0.412. The van der Waals surface area contributed by atoms with Crippen molar-refractivity contribution in [3.63, 3.8) is 0 Å². The molecule has 6 nitrogen and oxygen atoms in total. The third-order valence-electron chi connectivity index (χ3n) is 4.66. The molecule has 4 rings (SSSR count). The number of hydrogen-bond acceptors (Lipinski definition) is 5. The molecule has 1 amide bonds. The number of likely N-dealkylation sites (N-methyl/N-ethyl adjacent to an activating group) is 1. The zero-order valence-electron chi connectivity index (χ0n) is 16.7. The second kappa shape index (κ2) is 9.24. The maximum Gasteiger partial charge on any atom is 0.335 e. The van der Waals surface area contributed by atoms with Crippen molar-refractivity contribution in [2.75, 3.05) is 6.54 Å². The number of halogens is 2. The highest BCUT2D eigenvalue weighted by atomic mass is 35.5. The Bertz CT molecular complexity index is 1270. The lowest BCUT2D eigenvalue weighted by atomic mass is 10.2. The first kappa shape index (κ1) is 22.2. The third-order valence-corrected chi connectivity index (χ3v) is 6.49. The molecule has 1 N–H and O–H groups in total. The van der Waals surface area contributed by atoms with Gasteiger partial charge in [-0.05, 0) is 67.2 Å². The van der Waals surface area contributed by atoms with E-state index in [1.54, 1.807) is 53.4 Å². The Hall–Kier alpha value is -3.00. The molecule has 0 bridgehead atoms. The summed E-state index contributed by atoms with van der Waals surface area (Å²) in [7, 11) is 0. The highest BCUT2D eigenvalue weighted by Crippen LogP contribution is 2.37. The second-order valence-corrected chi connectivity index (χ2v) is 8.50. The molecule has 1 aliphatic rings. The molecular formula is C23H16Cl2N2O4S. The Morgan fingerprint density at radius 3 is 2.59 bits per heavy atom. The number of carbonyl (C=O) groups is 2. The maximum absolute atomic E-state index is 12.9. The molecule has 0 unspecified atom stereocenters. The molecule has 0 spiro atoms. The molecule has 3 aromatic rings. The van der Waals surface area contributed by atoms with Crippen LogP contribution in [0.4, 0.5) is 5.69 Å². The van der Waals surface area contributed by atoms with Gasteiger partial charge >= 0.3 is 5.97 Å². The standard InChI is InChI=1S/C23H16Cl2N2O4S/c1-2-27-21(28)19(32-23(27)26-14-8-6-13(7-9-14)22(29)30)12-15-10-11-18(31-15)16-4-3-5-17(24)20(16)25/h3-12H,2H2,1H3,(H,29,30). The van der Waals surface area contributed by atoms with Crippen LogP contribution in [0.2, 0.25) is 10.0 Å². The van der Waals surface area contributed by atoms with Crippen LogP contribution in [0.3, 0.4) is 0 Å². The first-order valence-electron chi connectivity index (χ1n) is 9.55. The molecule has 2 heterocycles. The summed E-state index contributed by atoms with van der Waals surface area (Å²) < 4.78 is 5.87. The Morgan fingerprint density at radius 1 is 1.16 bits per heavy atom. The van der Waals surface area contributed by atoms with Crippen LogP contribution in [0.25, 0.3) is 17.4 Å². The number of aromatic carboxylic acids is 1. The minimum absolute atomic E-state index is 0.172. The zero-order valence-corrected chi connectivity index (χ0v) is 19.0. The van der Waals surface area contributed by atoms with Crippen molar-refractivity contribution >= 4 is 63.8 Å². The molecule has 32 heavy (non-hydrogen) atoms. The summed E-state index contributed by atoms with van der Waals surface area (Å²) in [5.74, 6) is -0.154. The van der Waals surface area contributed by atoms with Crippen LogP contribution < -0.4 is 0 Å². The predicted octanol–water partition coefficient (Wildman–Crippen LogP) is 6.58. The van der Waals surface area contributed by atoms with Crippen LogP contribution in [-0.4, -0.2) is 33.6 Å². The van der Waals surface area contributed by atoms with Crippen molar-refractivity contribution in [3.8, 4) is 11.3 Å². The summed E-state index contributed by atoms with van der Waals surface area (Å²) in [6.45, 7) is 2.30. The van der Waals surface area contributed by atoms with Crippen molar-refractivity contribution < 1.29 is 19.1 Å². The molecule has 1 aliphatic heterocycles. The predicted molar refractivity (Wildman–Crippen MR) is 128 cm³/mol. The average molecular weight is 487 g/mol. The van der Waals surface area contributed by atoms with Gasteiger partial charge in [0.05, 0.1) is 26.2 Å². The molecule has 1 fully saturated rings. The Labute approximate surface area is 198 Å². The smallest absolute Gasteiger partial charge is 0.335 e. The number of thioether (sulfide) groups is 1. The largest absolute Gasteiger partial charge is 0.478 e. The lowest BCUT2D eigenvalue weighted by Crippen LogP contribution is -2.28. The summed E-state index contributed by atoms with van der Waals surface area (Å²) in [5, 5.41) is 10.4. The van der Waals surface area contributed by atoms with Gasteiger partial charge in [-0.15, -0.1) is 0 Å². The first-order chi connectivity index (χ1) is 15.4. The fourth-order valence-electron chi connectivity index (χ4n) is 3.06. The van der Waals surface area contributed by atoms with Gasteiger partial charge in [0.2, 0.25) is 0 Å². The van der Waals surface area contributed by atoms with E-state index in [2.05, 4.69) is 4.99 Å². The third kappa shape index (κ3) is 4.46. The van der Waals surface area contributed by atoms with Crippen molar-refractivity contribution in [2.24, 2.45) is 4.99 Å². The van der Waals surface area contributed by atoms with E-state index in [1.807, 2.05) is 6.92 Å². The van der Waals surface area contributed by atoms with Crippen LogP contribution in [-0.2, 0) is 4.79 Å². The van der Waals surface area contributed by atoms with Crippen LogP contribution >= 0.6 is 35.0 Å².